The monoisotopic (exact) mass is 399 g/mol. The van der Waals surface area contributed by atoms with Crippen LogP contribution >= 0.6 is 0 Å². The molecule has 0 saturated heterocycles. The van der Waals surface area contributed by atoms with Gasteiger partial charge in [0, 0.05) is 29.9 Å². The Balaban J connectivity index is 2.03. The molecule has 8 heteroatoms. The first-order chi connectivity index (χ1) is 13.8. The summed E-state index contributed by atoms with van der Waals surface area (Å²) >= 11 is 0. The SMILES string of the molecule is COc1cc(C(=O)Nc2ccc(NC(C)=O)cc2)ccc1OCC(=O)NC(C)C. The van der Waals surface area contributed by atoms with Crippen LogP contribution in [-0.2, 0) is 9.59 Å². The Morgan fingerprint density at radius 3 is 2.10 bits per heavy atom. The summed E-state index contributed by atoms with van der Waals surface area (Å²) in [6, 6.07) is 11.5. The van der Waals surface area contributed by atoms with Gasteiger partial charge in [-0.25, -0.2) is 0 Å². The van der Waals surface area contributed by atoms with Crippen LogP contribution in [0.15, 0.2) is 42.5 Å². The first kappa shape index (κ1) is 21.7. The molecule has 0 bridgehead atoms. The van der Waals surface area contributed by atoms with Crippen molar-refractivity contribution in [3.8, 4) is 11.5 Å². The molecule has 0 saturated carbocycles. The first-order valence-corrected chi connectivity index (χ1v) is 9.07. The zero-order valence-corrected chi connectivity index (χ0v) is 16.9. The molecular formula is C21H25N3O5. The number of carbonyl (C=O) groups is 3. The molecule has 0 unspecified atom stereocenters. The zero-order chi connectivity index (χ0) is 21.4. The van der Waals surface area contributed by atoms with Crippen LogP contribution in [-0.4, -0.2) is 37.5 Å². The third-order valence-electron chi connectivity index (χ3n) is 3.70. The zero-order valence-electron chi connectivity index (χ0n) is 16.9. The maximum Gasteiger partial charge on any atom is 0.258 e. The van der Waals surface area contributed by atoms with Crippen LogP contribution in [0.2, 0.25) is 0 Å². The second kappa shape index (κ2) is 10.1. The van der Waals surface area contributed by atoms with Gasteiger partial charge >= 0.3 is 0 Å². The lowest BCUT2D eigenvalue weighted by Gasteiger charge is -2.13. The summed E-state index contributed by atoms with van der Waals surface area (Å²) in [5.74, 6) is -0.0391. The third-order valence-corrected chi connectivity index (χ3v) is 3.70. The number of rotatable bonds is 8. The molecule has 3 amide bonds. The lowest BCUT2D eigenvalue weighted by atomic mass is 10.1. The molecule has 0 spiro atoms. The van der Waals surface area contributed by atoms with Crippen molar-refractivity contribution in [2.24, 2.45) is 0 Å². The Morgan fingerprint density at radius 2 is 1.55 bits per heavy atom. The second-order valence-corrected chi connectivity index (χ2v) is 6.59. The van der Waals surface area contributed by atoms with E-state index in [1.807, 2.05) is 13.8 Å². The van der Waals surface area contributed by atoms with Crippen LogP contribution < -0.4 is 25.4 Å². The van der Waals surface area contributed by atoms with Crippen LogP contribution in [0.25, 0.3) is 0 Å². The molecule has 29 heavy (non-hydrogen) atoms. The predicted molar refractivity (Wildman–Crippen MR) is 110 cm³/mol. The molecule has 0 aliphatic rings. The van der Waals surface area contributed by atoms with E-state index in [1.54, 1.807) is 36.4 Å². The van der Waals surface area contributed by atoms with E-state index in [2.05, 4.69) is 16.0 Å². The summed E-state index contributed by atoms with van der Waals surface area (Å²) in [4.78, 5) is 35.3. The number of hydrogen-bond donors (Lipinski definition) is 3. The van der Waals surface area contributed by atoms with Gasteiger partial charge in [0.25, 0.3) is 11.8 Å². The van der Waals surface area contributed by atoms with Gasteiger partial charge in [-0.05, 0) is 56.3 Å². The van der Waals surface area contributed by atoms with E-state index in [0.717, 1.165) is 0 Å². The van der Waals surface area contributed by atoms with E-state index in [0.29, 0.717) is 28.4 Å². The molecule has 0 fully saturated rings. The minimum atomic E-state index is -0.334. The van der Waals surface area contributed by atoms with Crippen molar-refractivity contribution in [1.29, 1.82) is 0 Å². The molecule has 3 N–H and O–H groups in total. The molecule has 154 valence electrons. The van der Waals surface area contributed by atoms with E-state index >= 15 is 0 Å². The third kappa shape index (κ3) is 6.84. The van der Waals surface area contributed by atoms with Crippen molar-refractivity contribution in [3.63, 3.8) is 0 Å². The van der Waals surface area contributed by atoms with Gasteiger partial charge < -0.3 is 25.4 Å². The Hall–Kier alpha value is -3.55. The molecule has 2 rings (SSSR count). The maximum atomic E-state index is 12.5. The molecular weight excluding hydrogens is 374 g/mol. The minimum absolute atomic E-state index is 0.0198. The average Bonchev–Trinajstić information content (AvgIpc) is 2.66. The number of amides is 3. The van der Waals surface area contributed by atoms with Gasteiger partial charge in [0.15, 0.2) is 18.1 Å². The van der Waals surface area contributed by atoms with Crippen LogP contribution in [0.1, 0.15) is 31.1 Å². The van der Waals surface area contributed by atoms with E-state index in [-0.39, 0.29) is 30.4 Å². The van der Waals surface area contributed by atoms with Crippen LogP contribution in [0.4, 0.5) is 11.4 Å². The van der Waals surface area contributed by atoms with Crippen molar-refractivity contribution in [2.75, 3.05) is 24.4 Å². The molecule has 0 atom stereocenters. The van der Waals surface area contributed by atoms with Gasteiger partial charge in [0.05, 0.1) is 7.11 Å². The number of anilines is 2. The minimum Gasteiger partial charge on any atom is -0.493 e. The van der Waals surface area contributed by atoms with E-state index in [1.165, 1.54) is 20.1 Å². The summed E-state index contributed by atoms with van der Waals surface area (Å²) in [6.45, 7) is 4.99. The van der Waals surface area contributed by atoms with Crippen molar-refractivity contribution < 1.29 is 23.9 Å². The molecule has 0 aromatic heterocycles. The summed E-state index contributed by atoms with van der Waals surface area (Å²) in [7, 11) is 1.46. The first-order valence-electron chi connectivity index (χ1n) is 9.07. The normalized spacial score (nSPS) is 10.2. The molecule has 2 aromatic rings. The van der Waals surface area contributed by atoms with Gasteiger partial charge in [-0.15, -0.1) is 0 Å². The average molecular weight is 399 g/mol. The molecule has 8 nitrogen and oxygen atoms in total. The van der Waals surface area contributed by atoms with Gasteiger partial charge in [-0.1, -0.05) is 0 Å². The van der Waals surface area contributed by atoms with Crippen LogP contribution in [0.3, 0.4) is 0 Å². The standard InChI is InChI=1S/C21H25N3O5/c1-13(2)22-20(26)12-29-18-10-5-15(11-19(18)28-4)21(27)24-17-8-6-16(7-9-17)23-14(3)25/h5-11,13H,12H2,1-4H3,(H,22,26)(H,23,25)(H,24,27). The lowest BCUT2D eigenvalue weighted by Crippen LogP contribution is -2.34. The van der Waals surface area contributed by atoms with Crippen molar-refractivity contribution in [1.82, 2.24) is 5.32 Å². The fourth-order valence-corrected chi connectivity index (χ4v) is 2.48. The quantitative estimate of drug-likeness (QED) is 0.633. The molecule has 0 aliphatic heterocycles. The molecule has 0 aliphatic carbocycles. The lowest BCUT2D eigenvalue weighted by molar-refractivity contribution is -0.123. The molecule has 0 radical (unpaired) electrons. The Labute approximate surface area is 169 Å². The van der Waals surface area contributed by atoms with Crippen LogP contribution in [0, 0.1) is 0 Å². The number of carbonyl (C=O) groups excluding carboxylic acids is 3. The number of benzene rings is 2. The Morgan fingerprint density at radius 1 is 0.931 bits per heavy atom. The maximum absolute atomic E-state index is 12.5. The van der Waals surface area contributed by atoms with Gasteiger partial charge in [-0.2, -0.15) is 0 Å². The van der Waals surface area contributed by atoms with E-state index in [9.17, 15) is 14.4 Å². The van der Waals surface area contributed by atoms with E-state index in [4.69, 9.17) is 9.47 Å². The van der Waals surface area contributed by atoms with Crippen LogP contribution in [0.5, 0.6) is 11.5 Å². The summed E-state index contributed by atoms with van der Waals surface area (Å²) < 4.78 is 10.8. The fraction of sp³-hybridized carbons (Fsp3) is 0.286. The summed E-state index contributed by atoms with van der Waals surface area (Å²) in [5.41, 5.74) is 1.58. The van der Waals surface area contributed by atoms with E-state index < -0.39 is 0 Å². The Bertz CT molecular complexity index is 878. The highest BCUT2D eigenvalue weighted by atomic mass is 16.5. The van der Waals surface area contributed by atoms with Gasteiger partial charge in [-0.3, -0.25) is 14.4 Å². The largest absolute Gasteiger partial charge is 0.493 e. The topological polar surface area (TPSA) is 106 Å². The molecule has 0 heterocycles. The number of ether oxygens (including phenoxy) is 2. The van der Waals surface area contributed by atoms with Gasteiger partial charge in [0.1, 0.15) is 0 Å². The number of nitrogens with one attached hydrogen (secondary N) is 3. The second-order valence-electron chi connectivity index (χ2n) is 6.59. The van der Waals surface area contributed by atoms with Gasteiger partial charge in [0.2, 0.25) is 5.91 Å². The van der Waals surface area contributed by atoms with Crippen molar-refractivity contribution in [2.45, 2.75) is 26.8 Å². The van der Waals surface area contributed by atoms with Crippen molar-refractivity contribution >= 4 is 29.1 Å². The number of hydrogen-bond acceptors (Lipinski definition) is 5. The smallest absolute Gasteiger partial charge is 0.258 e. The Kier molecular flexibility index (Phi) is 7.59. The highest BCUT2D eigenvalue weighted by molar-refractivity contribution is 6.04. The summed E-state index contributed by atoms with van der Waals surface area (Å²) in [5, 5.41) is 8.16. The number of methoxy groups -OCH3 is 1. The highest BCUT2D eigenvalue weighted by Crippen LogP contribution is 2.28. The highest BCUT2D eigenvalue weighted by Gasteiger charge is 2.13. The predicted octanol–water partition coefficient (Wildman–Crippen LogP) is 2.81. The van der Waals surface area contributed by atoms with Crippen molar-refractivity contribution in [3.05, 3.63) is 48.0 Å². The fourth-order valence-electron chi connectivity index (χ4n) is 2.48. The summed E-state index contributed by atoms with van der Waals surface area (Å²) in [6.07, 6.45) is 0. The molecule has 2 aromatic carbocycles.